The summed E-state index contributed by atoms with van der Waals surface area (Å²) in [7, 11) is 0. The molecule has 1 aliphatic rings. The molecule has 0 atom stereocenters. The Morgan fingerprint density at radius 2 is 2.07 bits per heavy atom. The van der Waals surface area contributed by atoms with Crippen molar-refractivity contribution < 1.29 is 0 Å². The van der Waals surface area contributed by atoms with E-state index in [1.807, 2.05) is 12.3 Å². The van der Waals surface area contributed by atoms with Crippen LogP contribution in [0.3, 0.4) is 0 Å². The lowest BCUT2D eigenvalue weighted by atomic mass is 10.1. The van der Waals surface area contributed by atoms with Gasteiger partial charge < -0.3 is 4.90 Å². The molecule has 1 aromatic rings. The van der Waals surface area contributed by atoms with Gasteiger partial charge in [0.1, 0.15) is 10.7 Å². The van der Waals surface area contributed by atoms with E-state index in [0.29, 0.717) is 0 Å². The lowest BCUT2D eigenvalue weighted by Crippen LogP contribution is -2.35. The standard InChI is InChI=1S/C12H16N2S/c1-10-6-5-7-13-11(10)12(15)14-8-3-2-4-9-14/h5-7H,2-4,8-9H2,1H3. The minimum atomic E-state index is 0.924. The minimum absolute atomic E-state index is 0.924. The summed E-state index contributed by atoms with van der Waals surface area (Å²) in [5.41, 5.74) is 2.16. The van der Waals surface area contributed by atoms with Crippen molar-refractivity contribution in [3.05, 3.63) is 29.6 Å². The third-order valence-corrected chi connectivity index (χ3v) is 3.31. The van der Waals surface area contributed by atoms with Gasteiger partial charge in [-0.1, -0.05) is 18.3 Å². The van der Waals surface area contributed by atoms with Crippen LogP contribution in [0.25, 0.3) is 0 Å². The topological polar surface area (TPSA) is 16.1 Å². The maximum absolute atomic E-state index is 5.49. The van der Waals surface area contributed by atoms with Crippen LogP contribution in [-0.2, 0) is 0 Å². The van der Waals surface area contributed by atoms with E-state index in [0.717, 1.165) is 23.8 Å². The first kappa shape index (κ1) is 10.6. The Morgan fingerprint density at radius 3 is 2.73 bits per heavy atom. The largest absolute Gasteiger partial charge is 0.361 e. The molecular weight excluding hydrogens is 204 g/mol. The molecule has 0 amide bonds. The third kappa shape index (κ3) is 2.34. The van der Waals surface area contributed by atoms with Gasteiger partial charge in [-0.2, -0.15) is 0 Å². The molecule has 0 bridgehead atoms. The molecule has 0 aliphatic carbocycles. The summed E-state index contributed by atoms with van der Waals surface area (Å²) in [6, 6.07) is 4.02. The van der Waals surface area contributed by atoms with Crippen LogP contribution in [0.1, 0.15) is 30.5 Å². The maximum Gasteiger partial charge on any atom is 0.128 e. The second kappa shape index (κ2) is 4.71. The van der Waals surface area contributed by atoms with E-state index in [4.69, 9.17) is 12.2 Å². The van der Waals surface area contributed by atoms with Crippen molar-refractivity contribution >= 4 is 17.2 Å². The molecule has 80 valence electrons. The van der Waals surface area contributed by atoms with Crippen molar-refractivity contribution in [3.8, 4) is 0 Å². The highest BCUT2D eigenvalue weighted by molar-refractivity contribution is 7.80. The Bertz CT molecular complexity index is 356. The lowest BCUT2D eigenvalue weighted by molar-refractivity contribution is 0.347. The van der Waals surface area contributed by atoms with Gasteiger partial charge in [-0.15, -0.1) is 0 Å². The van der Waals surface area contributed by atoms with Crippen molar-refractivity contribution in [2.45, 2.75) is 26.2 Å². The summed E-state index contributed by atoms with van der Waals surface area (Å²) < 4.78 is 0. The van der Waals surface area contributed by atoms with Gasteiger partial charge in [-0.3, -0.25) is 4.98 Å². The van der Waals surface area contributed by atoms with Crippen molar-refractivity contribution in [2.24, 2.45) is 0 Å². The average molecular weight is 220 g/mol. The van der Waals surface area contributed by atoms with E-state index >= 15 is 0 Å². The molecule has 0 radical (unpaired) electrons. The number of hydrogen-bond acceptors (Lipinski definition) is 2. The van der Waals surface area contributed by atoms with Crippen molar-refractivity contribution in [3.63, 3.8) is 0 Å². The zero-order valence-electron chi connectivity index (χ0n) is 9.07. The van der Waals surface area contributed by atoms with Gasteiger partial charge in [-0.25, -0.2) is 0 Å². The summed E-state index contributed by atoms with van der Waals surface area (Å²) in [5, 5.41) is 0. The highest BCUT2D eigenvalue weighted by Crippen LogP contribution is 2.14. The number of nitrogens with zero attached hydrogens (tertiary/aromatic N) is 2. The fourth-order valence-corrected chi connectivity index (χ4v) is 2.35. The van der Waals surface area contributed by atoms with Crippen LogP contribution in [-0.4, -0.2) is 28.0 Å². The van der Waals surface area contributed by atoms with Gasteiger partial charge in [-0.05, 0) is 37.8 Å². The summed E-state index contributed by atoms with van der Waals surface area (Å²) in [6.45, 7) is 4.25. The van der Waals surface area contributed by atoms with E-state index in [-0.39, 0.29) is 0 Å². The summed E-state index contributed by atoms with van der Waals surface area (Å²) in [4.78, 5) is 7.58. The molecular formula is C12H16N2S. The second-order valence-electron chi connectivity index (χ2n) is 4.02. The van der Waals surface area contributed by atoms with Crippen LogP contribution in [0.15, 0.2) is 18.3 Å². The maximum atomic E-state index is 5.49. The number of thiocarbonyl (C=S) groups is 1. The molecule has 1 aromatic heterocycles. The number of pyridine rings is 1. The molecule has 15 heavy (non-hydrogen) atoms. The van der Waals surface area contributed by atoms with Crippen molar-refractivity contribution in [1.82, 2.24) is 9.88 Å². The lowest BCUT2D eigenvalue weighted by Gasteiger charge is -2.29. The molecule has 1 fully saturated rings. The predicted molar refractivity (Wildman–Crippen MR) is 66.1 cm³/mol. The molecule has 1 aliphatic heterocycles. The van der Waals surface area contributed by atoms with Gasteiger partial charge in [0, 0.05) is 19.3 Å². The van der Waals surface area contributed by atoms with Crippen LogP contribution in [0.4, 0.5) is 0 Å². The summed E-state index contributed by atoms with van der Waals surface area (Å²) in [5.74, 6) is 0. The molecule has 0 aromatic carbocycles. The molecule has 0 saturated carbocycles. The van der Waals surface area contributed by atoms with Gasteiger partial charge in [0.2, 0.25) is 0 Å². The minimum Gasteiger partial charge on any atom is -0.361 e. The highest BCUT2D eigenvalue weighted by atomic mass is 32.1. The fourth-order valence-electron chi connectivity index (χ4n) is 1.96. The van der Waals surface area contributed by atoms with Crippen LogP contribution >= 0.6 is 12.2 Å². The van der Waals surface area contributed by atoms with Crippen molar-refractivity contribution in [1.29, 1.82) is 0 Å². The number of rotatable bonds is 1. The molecule has 0 N–H and O–H groups in total. The van der Waals surface area contributed by atoms with Gasteiger partial charge in [0.25, 0.3) is 0 Å². The molecule has 2 rings (SSSR count). The van der Waals surface area contributed by atoms with Gasteiger partial charge in [0.05, 0.1) is 0 Å². The first-order valence-electron chi connectivity index (χ1n) is 5.50. The zero-order valence-corrected chi connectivity index (χ0v) is 9.89. The Hall–Kier alpha value is -0.960. The molecule has 0 unspecified atom stereocenters. The SMILES string of the molecule is Cc1cccnc1C(=S)N1CCCCC1. The fraction of sp³-hybridized carbons (Fsp3) is 0.500. The molecule has 1 saturated heterocycles. The Kier molecular flexibility index (Phi) is 3.31. The Balaban J connectivity index is 2.16. The van der Waals surface area contributed by atoms with Crippen molar-refractivity contribution in [2.75, 3.05) is 13.1 Å². The number of piperidine rings is 1. The third-order valence-electron chi connectivity index (χ3n) is 2.86. The quantitative estimate of drug-likeness (QED) is 0.677. The molecule has 3 heteroatoms. The van der Waals surface area contributed by atoms with Gasteiger partial charge >= 0.3 is 0 Å². The Labute approximate surface area is 96.3 Å². The van der Waals surface area contributed by atoms with Crippen LogP contribution < -0.4 is 0 Å². The number of aryl methyl sites for hydroxylation is 1. The van der Waals surface area contributed by atoms with Crippen LogP contribution in [0, 0.1) is 6.92 Å². The molecule has 2 nitrogen and oxygen atoms in total. The van der Waals surface area contributed by atoms with E-state index < -0.39 is 0 Å². The smallest absolute Gasteiger partial charge is 0.128 e. The van der Waals surface area contributed by atoms with Crippen LogP contribution in [0.2, 0.25) is 0 Å². The zero-order chi connectivity index (χ0) is 10.7. The van der Waals surface area contributed by atoms with E-state index in [2.05, 4.69) is 22.9 Å². The van der Waals surface area contributed by atoms with Gasteiger partial charge in [0.15, 0.2) is 0 Å². The highest BCUT2D eigenvalue weighted by Gasteiger charge is 2.16. The number of likely N-dealkylation sites (tertiary alicyclic amines) is 1. The first-order valence-corrected chi connectivity index (χ1v) is 5.91. The Morgan fingerprint density at radius 1 is 1.33 bits per heavy atom. The molecule has 2 heterocycles. The van der Waals surface area contributed by atoms with E-state index in [1.165, 1.54) is 24.8 Å². The monoisotopic (exact) mass is 220 g/mol. The second-order valence-corrected chi connectivity index (χ2v) is 4.41. The first-order chi connectivity index (χ1) is 7.29. The number of aromatic nitrogens is 1. The normalized spacial score (nSPS) is 16.5. The predicted octanol–water partition coefficient (Wildman–Crippen LogP) is 2.55. The van der Waals surface area contributed by atoms with E-state index in [9.17, 15) is 0 Å². The number of hydrogen-bond donors (Lipinski definition) is 0. The average Bonchev–Trinajstić information content (AvgIpc) is 2.30. The van der Waals surface area contributed by atoms with E-state index in [1.54, 1.807) is 0 Å². The summed E-state index contributed by atoms with van der Waals surface area (Å²) in [6.07, 6.45) is 5.66. The van der Waals surface area contributed by atoms with Crippen LogP contribution in [0.5, 0.6) is 0 Å². The summed E-state index contributed by atoms with van der Waals surface area (Å²) >= 11 is 5.49. The molecule has 0 spiro atoms.